The van der Waals surface area contributed by atoms with E-state index >= 15 is 0 Å². The van der Waals surface area contributed by atoms with Gasteiger partial charge in [-0.25, -0.2) is 15.0 Å². The quantitative estimate of drug-likeness (QED) is 0.209. The second kappa shape index (κ2) is 14.0. The molecule has 12 heteroatoms. The predicted molar refractivity (Wildman–Crippen MR) is 264 cm³/mol. The standard InChI is InChI=1S/C51H25B6N5O/c52-29-21-35-41-43(56)44(57)42-36-22-30(53)24-38(55)46(36)62(48(42)47(41)61(45(35)37(54)23-29)31-14-8-3-9-15-31)32-17-19-40-34(25-32)33-20-28(16-18-39(33)63-40)51-59-49(26-10-4-1-5-11-26)58-50(60-51)27-12-6-2-7-13-27/h1-25H. The predicted octanol–water partition coefficient (Wildman–Crippen LogP) is 5.73. The molecule has 4 heterocycles. The van der Waals surface area contributed by atoms with Crippen LogP contribution in [-0.2, 0) is 0 Å². The van der Waals surface area contributed by atoms with Gasteiger partial charge in [-0.1, -0.05) is 136 Å². The van der Waals surface area contributed by atoms with Crippen LogP contribution >= 0.6 is 0 Å². The minimum Gasteiger partial charge on any atom is -0.456 e. The first-order valence-corrected chi connectivity index (χ1v) is 20.3. The van der Waals surface area contributed by atoms with Crippen molar-refractivity contribution in [2.75, 3.05) is 0 Å². The van der Waals surface area contributed by atoms with Crippen LogP contribution in [0.1, 0.15) is 0 Å². The Labute approximate surface area is 369 Å². The lowest BCUT2D eigenvalue weighted by Gasteiger charge is -2.16. The van der Waals surface area contributed by atoms with Gasteiger partial charge in [-0.2, -0.15) is 0 Å². The molecule has 0 aliphatic carbocycles. The largest absolute Gasteiger partial charge is 0.456 e. The number of rotatable bonds is 5. The van der Waals surface area contributed by atoms with E-state index in [-0.39, 0.29) is 0 Å². The molecule has 6 nitrogen and oxygen atoms in total. The van der Waals surface area contributed by atoms with Crippen LogP contribution in [0, 0.1) is 0 Å². The van der Waals surface area contributed by atoms with Crippen LogP contribution in [0.3, 0.4) is 0 Å². The average molecular weight is 789 g/mol. The van der Waals surface area contributed by atoms with E-state index in [1.54, 1.807) is 12.1 Å². The summed E-state index contributed by atoms with van der Waals surface area (Å²) in [6.07, 6.45) is 0. The third-order valence-corrected chi connectivity index (χ3v) is 12.0. The van der Waals surface area contributed by atoms with Crippen molar-refractivity contribution in [3.63, 3.8) is 0 Å². The van der Waals surface area contributed by atoms with E-state index in [9.17, 15) is 0 Å². The lowest BCUT2D eigenvalue weighted by molar-refractivity contribution is 0.669. The minimum atomic E-state index is 0.390. The molecule has 8 aromatic carbocycles. The van der Waals surface area contributed by atoms with Gasteiger partial charge in [-0.05, 0) is 48.5 Å². The summed E-state index contributed by atoms with van der Waals surface area (Å²) in [5.74, 6) is 1.69. The number of fused-ring (bicyclic) bond motifs is 10. The molecule has 12 radical (unpaired) electrons. The molecule has 0 atom stereocenters. The summed E-state index contributed by atoms with van der Waals surface area (Å²) < 4.78 is 10.8. The van der Waals surface area contributed by atoms with E-state index in [1.165, 1.54) is 0 Å². The summed E-state index contributed by atoms with van der Waals surface area (Å²) in [7, 11) is 41.1. The molecule has 0 saturated heterocycles. The van der Waals surface area contributed by atoms with Crippen LogP contribution in [0.2, 0.25) is 0 Å². The Kier molecular flexibility index (Phi) is 8.32. The van der Waals surface area contributed by atoms with Gasteiger partial charge in [0.1, 0.15) is 58.2 Å². The maximum Gasteiger partial charge on any atom is 0.164 e. The van der Waals surface area contributed by atoms with E-state index in [0.717, 1.165) is 77.1 Å². The third kappa shape index (κ3) is 5.70. The van der Waals surface area contributed by atoms with Gasteiger partial charge in [0, 0.05) is 71.4 Å². The van der Waals surface area contributed by atoms with Crippen molar-refractivity contribution in [1.29, 1.82) is 0 Å². The Morgan fingerprint density at radius 2 is 0.810 bits per heavy atom. The molecule has 12 rings (SSSR count). The number of aromatic nitrogens is 5. The zero-order valence-corrected chi connectivity index (χ0v) is 33.5. The van der Waals surface area contributed by atoms with Gasteiger partial charge in [-0.3, -0.25) is 0 Å². The fourth-order valence-electron chi connectivity index (χ4n) is 9.28. The molecule has 0 aliphatic heterocycles. The van der Waals surface area contributed by atoms with Crippen molar-refractivity contribution < 1.29 is 4.42 Å². The molecule has 12 aromatic rings. The van der Waals surface area contributed by atoms with Crippen molar-refractivity contribution in [3.05, 3.63) is 152 Å². The molecule has 0 unspecified atom stereocenters. The molecule has 4 aromatic heterocycles. The molecule has 0 saturated carbocycles. The van der Waals surface area contributed by atoms with E-state index in [0.29, 0.717) is 66.8 Å². The zero-order chi connectivity index (χ0) is 42.7. The van der Waals surface area contributed by atoms with Gasteiger partial charge in [-0.15, -0.1) is 0 Å². The molecule has 63 heavy (non-hydrogen) atoms. The zero-order valence-electron chi connectivity index (χ0n) is 33.5. The van der Waals surface area contributed by atoms with Crippen molar-refractivity contribution >= 4 is 145 Å². The summed E-state index contributed by atoms with van der Waals surface area (Å²) >= 11 is 0. The van der Waals surface area contributed by atoms with E-state index in [2.05, 4.69) is 21.3 Å². The molecular weight excluding hydrogens is 763 g/mol. The highest BCUT2D eigenvalue weighted by Gasteiger charge is 2.26. The molecule has 278 valence electrons. The third-order valence-electron chi connectivity index (χ3n) is 12.0. The smallest absolute Gasteiger partial charge is 0.164 e. The Bertz CT molecular complexity index is 3810. The van der Waals surface area contributed by atoms with Crippen molar-refractivity contribution in [1.82, 2.24) is 24.1 Å². The summed E-state index contributed by atoms with van der Waals surface area (Å²) in [6.45, 7) is 0. The Balaban J connectivity index is 1.16. The molecule has 0 bridgehead atoms. The molecule has 0 aliphatic rings. The molecule has 0 fully saturated rings. The van der Waals surface area contributed by atoms with E-state index in [4.69, 9.17) is 66.4 Å². The monoisotopic (exact) mass is 789 g/mol. The summed E-state index contributed by atoms with van der Waals surface area (Å²) in [6, 6.07) is 49.3. The van der Waals surface area contributed by atoms with Gasteiger partial charge in [0.25, 0.3) is 0 Å². The highest BCUT2D eigenvalue weighted by molar-refractivity contribution is 6.61. The summed E-state index contributed by atoms with van der Waals surface area (Å²) in [5, 5.41) is 4.70. The lowest BCUT2D eigenvalue weighted by atomic mass is 9.74. The number of nitrogens with zero attached hydrogens (tertiary/aromatic N) is 5. The first-order chi connectivity index (χ1) is 30.7. The maximum absolute atomic E-state index is 7.15. The number of hydrogen-bond donors (Lipinski definition) is 0. The van der Waals surface area contributed by atoms with Crippen LogP contribution in [0.5, 0.6) is 0 Å². The fourth-order valence-corrected chi connectivity index (χ4v) is 9.28. The first-order valence-electron chi connectivity index (χ1n) is 20.3. The van der Waals surface area contributed by atoms with E-state index < -0.39 is 0 Å². The summed E-state index contributed by atoms with van der Waals surface area (Å²) in [5.41, 5.74) is 11.4. The number of para-hydroxylation sites is 1. The molecule has 0 spiro atoms. The normalized spacial score (nSPS) is 11.9. The van der Waals surface area contributed by atoms with Crippen LogP contribution in [0.4, 0.5) is 0 Å². The second-order valence-electron chi connectivity index (χ2n) is 15.8. The van der Waals surface area contributed by atoms with Crippen molar-refractivity contribution in [2.45, 2.75) is 0 Å². The average Bonchev–Trinajstić information content (AvgIpc) is 3.96. The van der Waals surface area contributed by atoms with Crippen LogP contribution < -0.4 is 32.8 Å². The first kappa shape index (κ1) is 37.3. The Morgan fingerprint density at radius 3 is 1.33 bits per heavy atom. The van der Waals surface area contributed by atoms with Gasteiger partial charge in [0.05, 0.1) is 11.0 Å². The highest BCUT2D eigenvalue weighted by atomic mass is 16.3. The Morgan fingerprint density at radius 1 is 0.365 bits per heavy atom. The fraction of sp³-hybridized carbons (Fsp3) is 0. The van der Waals surface area contributed by atoms with E-state index in [1.807, 2.05) is 127 Å². The van der Waals surface area contributed by atoms with Crippen molar-refractivity contribution in [3.8, 4) is 45.5 Å². The lowest BCUT2D eigenvalue weighted by Crippen LogP contribution is -2.27. The molecule has 0 amide bonds. The van der Waals surface area contributed by atoms with Crippen LogP contribution in [0.15, 0.2) is 156 Å². The number of hydrogen-bond acceptors (Lipinski definition) is 4. The SMILES string of the molecule is [B]c1cc([B])c2c(c1)c1c([B])c([B])c3c4cc([B])cc([B])c4n(-c4ccc5oc6ccc(-c7nc(-c8ccccc8)nc(-c8ccccc8)n7)cc6c5c4)c3c1n2-c1ccccc1. The van der Waals surface area contributed by atoms with Gasteiger partial charge < -0.3 is 13.6 Å². The van der Waals surface area contributed by atoms with Gasteiger partial charge in [0.2, 0.25) is 0 Å². The highest BCUT2D eigenvalue weighted by Crippen LogP contribution is 2.41. The van der Waals surface area contributed by atoms with Gasteiger partial charge >= 0.3 is 0 Å². The van der Waals surface area contributed by atoms with Gasteiger partial charge in [0.15, 0.2) is 17.5 Å². The number of furan rings is 1. The van der Waals surface area contributed by atoms with Crippen molar-refractivity contribution in [2.24, 2.45) is 0 Å². The van der Waals surface area contributed by atoms with Crippen LogP contribution in [0.25, 0.3) is 111 Å². The van der Waals surface area contributed by atoms with Crippen LogP contribution in [-0.4, -0.2) is 71.2 Å². The second-order valence-corrected chi connectivity index (χ2v) is 15.8. The molecular formula is C51H25B6N5O. The minimum absolute atomic E-state index is 0.390. The summed E-state index contributed by atoms with van der Waals surface area (Å²) in [4.78, 5) is 14.9. The topological polar surface area (TPSA) is 61.7 Å². The maximum atomic E-state index is 7.15. The molecule has 0 N–H and O–H groups in total. The Hall–Kier alpha value is -7.44. The number of benzene rings is 8.